The van der Waals surface area contributed by atoms with E-state index in [1.807, 2.05) is 24.3 Å². The van der Waals surface area contributed by atoms with Crippen molar-refractivity contribution < 1.29 is 9.59 Å². The Bertz CT molecular complexity index is 1180. The maximum atomic E-state index is 12.3. The van der Waals surface area contributed by atoms with Gasteiger partial charge in [0.15, 0.2) is 11.6 Å². The zero-order chi connectivity index (χ0) is 16.0. The van der Waals surface area contributed by atoms with Crippen LogP contribution in [0.15, 0.2) is 48.5 Å². The van der Waals surface area contributed by atoms with Crippen molar-refractivity contribution in [1.29, 1.82) is 0 Å². The number of ketones is 2. The molecule has 0 saturated carbocycles. The van der Waals surface area contributed by atoms with Gasteiger partial charge in [0.25, 0.3) is 0 Å². The molecule has 2 aliphatic rings. The Balaban J connectivity index is 1.93. The predicted octanol–water partition coefficient (Wildman–Crippen LogP) is 4.62. The molecule has 0 saturated heterocycles. The molecule has 0 N–H and O–H groups in total. The quantitative estimate of drug-likeness (QED) is 0.444. The Morgan fingerprint density at radius 2 is 1.04 bits per heavy atom. The number of Topliss-reactive ketones (excluding diaryl/α,β-unsaturated/α-hetero) is 2. The maximum absolute atomic E-state index is 12.3. The number of hydrogen-bond donors (Lipinski definition) is 0. The summed E-state index contributed by atoms with van der Waals surface area (Å²) in [7, 11) is 0. The minimum absolute atomic E-state index is 0.207. The summed E-state index contributed by atoms with van der Waals surface area (Å²) < 4.78 is 0. The molecule has 0 aromatic heterocycles. The molecule has 0 aliphatic heterocycles. The Labute approximate surface area is 137 Å². The standard InChI is InChI=1S/C22H12O2/c23-19-9-11-8-18-14-4-2-6-16-20(24)10-12(22(14)16)7-17(18)13-3-1-5-15(19)21(11)13/h1-8H,9-10H2. The van der Waals surface area contributed by atoms with Crippen molar-refractivity contribution in [2.75, 3.05) is 0 Å². The SMILES string of the molecule is O=C1Cc2cc3c4cccc5c4c(cc3c3cccc1c23)CC5=O. The normalized spacial score (nSPS) is 15.3. The van der Waals surface area contributed by atoms with E-state index in [0.717, 1.165) is 54.6 Å². The van der Waals surface area contributed by atoms with Crippen LogP contribution in [-0.4, -0.2) is 11.6 Å². The van der Waals surface area contributed by atoms with E-state index in [-0.39, 0.29) is 11.6 Å². The monoisotopic (exact) mass is 308 g/mol. The lowest BCUT2D eigenvalue weighted by molar-refractivity contribution is 0.0991. The van der Waals surface area contributed by atoms with Gasteiger partial charge in [-0.1, -0.05) is 36.4 Å². The Morgan fingerprint density at radius 1 is 0.583 bits per heavy atom. The molecular weight excluding hydrogens is 296 g/mol. The fraction of sp³-hybridized carbons (Fsp3) is 0.0909. The number of fused-ring (bicyclic) bond motifs is 3. The third-order valence-corrected chi connectivity index (χ3v) is 5.58. The first kappa shape index (κ1) is 12.4. The molecule has 0 bridgehead atoms. The van der Waals surface area contributed by atoms with E-state index in [0.29, 0.717) is 12.8 Å². The zero-order valence-corrected chi connectivity index (χ0v) is 12.8. The molecule has 2 aliphatic carbocycles. The molecule has 4 aromatic carbocycles. The van der Waals surface area contributed by atoms with E-state index >= 15 is 0 Å². The third-order valence-electron chi connectivity index (χ3n) is 5.58. The first-order chi connectivity index (χ1) is 11.7. The molecular formula is C22H12O2. The van der Waals surface area contributed by atoms with Crippen molar-refractivity contribution in [1.82, 2.24) is 0 Å². The van der Waals surface area contributed by atoms with E-state index in [2.05, 4.69) is 24.3 Å². The fourth-order valence-electron chi connectivity index (χ4n) is 4.62. The van der Waals surface area contributed by atoms with Gasteiger partial charge < -0.3 is 0 Å². The van der Waals surface area contributed by atoms with Crippen molar-refractivity contribution >= 4 is 43.9 Å². The molecule has 112 valence electrons. The van der Waals surface area contributed by atoms with E-state index in [9.17, 15) is 9.59 Å². The molecule has 6 rings (SSSR count). The van der Waals surface area contributed by atoms with Crippen LogP contribution in [0.1, 0.15) is 31.8 Å². The van der Waals surface area contributed by atoms with E-state index < -0.39 is 0 Å². The van der Waals surface area contributed by atoms with Crippen molar-refractivity contribution in [2.45, 2.75) is 12.8 Å². The Kier molecular flexibility index (Phi) is 2.02. The highest BCUT2D eigenvalue weighted by Gasteiger charge is 2.27. The van der Waals surface area contributed by atoms with Crippen LogP contribution in [0.4, 0.5) is 0 Å². The molecule has 0 fully saturated rings. The summed E-state index contributed by atoms with van der Waals surface area (Å²) in [6, 6.07) is 16.3. The van der Waals surface area contributed by atoms with Gasteiger partial charge in [-0.15, -0.1) is 0 Å². The van der Waals surface area contributed by atoms with E-state index in [1.165, 1.54) is 0 Å². The van der Waals surface area contributed by atoms with Gasteiger partial charge in [-0.05, 0) is 55.6 Å². The summed E-state index contributed by atoms with van der Waals surface area (Å²) in [4.78, 5) is 24.6. The van der Waals surface area contributed by atoms with Crippen LogP contribution in [-0.2, 0) is 12.8 Å². The van der Waals surface area contributed by atoms with Crippen LogP contribution in [0.25, 0.3) is 32.3 Å². The van der Waals surface area contributed by atoms with Gasteiger partial charge >= 0.3 is 0 Å². The van der Waals surface area contributed by atoms with Crippen molar-refractivity contribution in [3.8, 4) is 0 Å². The van der Waals surface area contributed by atoms with Gasteiger partial charge in [0.2, 0.25) is 0 Å². The van der Waals surface area contributed by atoms with Gasteiger partial charge in [-0.25, -0.2) is 0 Å². The van der Waals surface area contributed by atoms with Gasteiger partial charge in [-0.3, -0.25) is 9.59 Å². The van der Waals surface area contributed by atoms with Gasteiger partial charge in [0.1, 0.15) is 0 Å². The second kappa shape index (κ2) is 3.90. The first-order valence-corrected chi connectivity index (χ1v) is 8.22. The number of hydrogen-bond acceptors (Lipinski definition) is 2. The van der Waals surface area contributed by atoms with E-state index in [4.69, 9.17) is 0 Å². The molecule has 0 radical (unpaired) electrons. The predicted molar refractivity (Wildman–Crippen MR) is 95.0 cm³/mol. The summed E-state index contributed by atoms with van der Waals surface area (Å²) >= 11 is 0. The van der Waals surface area contributed by atoms with Crippen LogP contribution < -0.4 is 0 Å². The molecule has 2 heteroatoms. The summed E-state index contributed by atoms with van der Waals surface area (Å²) in [6.07, 6.45) is 0.960. The molecule has 4 aromatic rings. The second-order valence-corrected chi connectivity index (χ2v) is 6.82. The molecule has 0 amide bonds. The average molecular weight is 308 g/mol. The molecule has 0 unspecified atom stereocenters. The zero-order valence-electron chi connectivity index (χ0n) is 12.8. The summed E-state index contributed by atoms with van der Waals surface area (Å²) in [5.41, 5.74) is 3.91. The average Bonchev–Trinajstić information content (AvgIpc) is 3.09. The molecule has 0 atom stereocenters. The van der Waals surface area contributed by atoms with Gasteiger partial charge in [-0.2, -0.15) is 0 Å². The molecule has 0 heterocycles. The number of rotatable bonds is 0. The van der Waals surface area contributed by atoms with Gasteiger partial charge in [0, 0.05) is 24.0 Å². The smallest absolute Gasteiger partial charge is 0.167 e. The topological polar surface area (TPSA) is 34.1 Å². The highest BCUT2D eigenvalue weighted by molar-refractivity contribution is 6.28. The summed E-state index contributed by atoms with van der Waals surface area (Å²) in [5.74, 6) is 0.414. The van der Waals surface area contributed by atoms with Crippen LogP contribution >= 0.6 is 0 Å². The first-order valence-electron chi connectivity index (χ1n) is 8.22. The van der Waals surface area contributed by atoms with Crippen LogP contribution in [0.5, 0.6) is 0 Å². The fourth-order valence-corrected chi connectivity index (χ4v) is 4.62. The number of carbonyl (C=O) groups excluding carboxylic acids is 2. The third kappa shape index (κ3) is 1.29. The Morgan fingerprint density at radius 3 is 1.50 bits per heavy atom. The summed E-state index contributed by atoms with van der Waals surface area (Å²) in [5, 5.41) is 6.77. The number of benzene rings is 4. The largest absolute Gasteiger partial charge is 0.294 e. The second-order valence-electron chi connectivity index (χ2n) is 6.82. The van der Waals surface area contributed by atoms with Crippen LogP contribution in [0.2, 0.25) is 0 Å². The molecule has 0 spiro atoms. The lowest BCUT2D eigenvalue weighted by Gasteiger charge is -2.11. The van der Waals surface area contributed by atoms with Crippen LogP contribution in [0.3, 0.4) is 0 Å². The maximum Gasteiger partial charge on any atom is 0.167 e. The lowest BCUT2D eigenvalue weighted by atomic mass is 9.92. The van der Waals surface area contributed by atoms with E-state index in [1.54, 1.807) is 0 Å². The minimum Gasteiger partial charge on any atom is -0.294 e. The van der Waals surface area contributed by atoms with Crippen molar-refractivity contribution in [2.24, 2.45) is 0 Å². The van der Waals surface area contributed by atoms with Gasteiger partial charge in [0.05, 0.1) is 0 Å². The summed E-state index contributed by atoms with van der Waals surface area (Å²) in [6.45, 7) is 0. The van der Waals surface area contributed by atoms with Crippen molar-refractivity contribution in [3.05, 3.63) is 70.8 Å². The number of carbonyl (C=O) groups is 2. The Hall–Kier alpha value is -3.00. The highest BCUT2D eigenvalue weighted by Crippen LogP contribution is 2.42. The highest BCUT2D eigenvalue weighted by atomic mass is 16.1. The molecule has 2 nitrogen and oxygen atoms in total. The lowest BCUT2D eigenvalue weighted by Crippen LogP contribution is -1.93. The minimum atomic E-state index is 0.207. The van der Waals surface area contributed by atoms with Crippen molar-refractivity contribution in [3.63, 3.8) is 0 Å². The molecule has 24 heavy (non-hydrogen) atoms. The van der Waals surface area contributed by atoms with Crippen LogP contribution in [0, 0.1) is 0 Å².